The van der Waals surface area contributed by atoms with Gasteiger partial charge in [0.2, 0.25) is 10.0 Å². The summed E-state index contributed by atoms with van der Waals surface area (Å²) >= 11 is 0. The molecule has 0 radical (unpaired) electrons. The van der Waals surface area contributed by atoms with Crippen LogP contribution >= 0.6 is 0 Å². The van der Waals surface area contributed by atoms with Gasteiger partial charge in [0, 0.05) is 6.07 Å². The van der Waals surface area contributed by atoms with Crippen LogP contribution in [0.25, 0.3) is 0 Å². The van der Waals surface area contributed by atoms with Gasteiger partial charge in [0.15, 0.2) is 0 Å². The molecule has 0 bridgehead atoms. The summed E-state index contributed by atoms with van der Waals surface area (Å²) in [5.41, 5.74) is -1.68. The quantitative estimate of drug-likeness (QED) is 0.863. The molecule has 1 aliphatic rings. The van der Waals surface area contributed by atoms with Gasteiger partial charge in [-0.1, -0.05) is 0 Å². The van der Waals surface area contributed by atoms with Crippen LogP contribution in [0.1, 0.15) is 19.8 Å². The lowest BCUT2D eigenvalue weighted by Crippen LogP contribution is -2.53. The maximum atomic E-state index is 13.1. The van der Waals surface area contributed by atoms with E-state index < -0.39 is 38.1 Å². The molecule has 1 aromatic rings. The highest BCUT2D eigenvalue weighted by Crippen LogP contribution is 2.40. The second-order valence-electron chi connectivity index (χ2n) is 4.99. The number of hydrogen-bond donors (Lipinski definition) is 2. The second-order valence-corrected chi connectivity index (χ2v) is 6.67. The van der Waals surface area contributed by atoms with Crippen molar-refractivity contribution < 1.29 is 27.1 Å². The normalized spacial score (nSPS) is 18.6. The number of carboxylic acid groups (broad SMARTS) is 1. The number of hydrogen-bond acceptors (Lipinski definition) is 3. The third kappa shape index (κ3) is 2.80. The summed E-state index contributed by atoms with van der Waals surface area (Å²) in [5.74, 6) is -3.74. The Morgan fingerprint density at radius 2 is 1.80 bits per heavy atom. The molecule has 110 valence electrons. The Kier molecular flexibility index (Phi) is 3.55. The van der Waals surface area contributed by atoms with Crippen molar-refractivity contribution >= 4 is 16.0 Å². The highest BCUT2D eigenvalue weighted by Gasteiger charge is 2.50. The molecule has 0 amide bonds. The van der Waals surface area contributed by atoms with Crippen LogP contribution in [0, 0.1) is 17.6 Å². The highest BCUT2D eigenvalue weighted by molar-refractivity contribution is 7.89. The predicted octanol–water partition coefficient (Wildman–Crippen LogP) is 1.50. The van der Waals surface area contributed by atoms with E-state index in [0.29, 0.717) is 31.0 Å². The van der Waals surface area contributed by atoms with Gasteiger partial charge in [-0.05, 0) is 37.8 Å². The fraction of sp³-hybridized carbons (Fsp3) is 0.417. The summed E-state index contributed by atoms with van der Waals surface area (Å²) in [6.45, 7) is 1.25. The monoisotopic (exact) mass is 305 g/mol. The number of carbonyl (C=O) groups is 1. The van der Waals surface area contributed by atoms with Crippen LogP contribution in [0.5, 0.6) is 0 Å². The molecule has 2 rings (SSSR count). The van der Waals surface area contributed by atoms with Gasteiger partial charge in [0.05, 0.1) is 4.90 Å². The zero-order valence-electron chi connectivity index (χ0n) is 10.6. The molecule has 0 saturated heterocycles. The largest absolute Gasteiger partial charge is 0.480 e. The molecule has 1 fully saturated rings. The Morgan fingerprint density at radius 1 is 1.30 bits per heavy atom. The number of aliphatic carboxylic acids is 1. The molecule has 1 unspecified atom stereocenters. The average Bonchev–Trinajstić information content (AvgIpc) is 3.10. The van der Waals surface area contributed by atoms with Gasteiger partial charge < -0.3 is 5.11 Å². The van der Waals surface area contributed by atoms with Crippen LogP contribution in [-0.4, -0.2) is 25.0 Å². The van der Waals surface area contributed by atoms with Crippen LogP contribution in [0.15, 0.2) is 23.1 Å². The van der Waals surface area contributed by atoms with Crippen LogP contribution in [-0.2, 0) is 14.8 Å². The minimum absolute atomic E-state index is 0.326. The van der Waals surface area contributed by atoms with Crippen molar-refractivity contribution in [3.05, 3.63) is 29.8 Å². The van der Waals surface area contributed by atoms with Gasteiger partial charge in [0.25, 0.3) is 0 Å². The van der Waals surface area contributed by atoms with Crippen LogP contribution in [0.3, 0.4) is 0 Å². The molecule has 0 aliphatic heterocycles. The van der Waals surface area contributed by atoms with Gasteiger partial charge in [-0.3, -0.25) is 4.79 Å². The van der Waals surface area contributed by atoms with E-state index in [1.807, 2.05) is 4.72 Å². The SMILES string of the molecule is CC(NS(=O)(=O)c1cc(F)cc(F)c1)(C(=O)O)C1CC1. The molecule has 1 aromatic carbocycles. The topological polar surface area (TPSA) is 83.5 Å². The number of rotatable bonds is 5. The van der Waals surface area contributed by atoms with Crippen molar-refractivity contribution in [1.82, 2.24) is 4.72 Å². The maximum absolute atomic E-state index is 13.1. The summed E-state index contributed by atoms with van der Waals surface area (Å²) in [6.07, 6.45) is 1.17. The lowest BCUT2D eigenvalue weighted by atomic mass is 9.98. The van der Waals surface area contributed by atoms with Crippen molar-refractivity contribution in [2.24, 2.45) is 5.92 Å². The van der Waals surface area contributed by atoms with Gasteiger partial charge >= 0.3 is 5.97 Å². The van der Waals surface area contributed by atoms with E-state index in [9.17, 15) is 27.1 Å². The molecule has 0 heterocycles. The third-order valence-corrected chi connectivity index (χ3v) is 4.88. The summed E-state index contributed by atoms with van der Waals surface area (Å²) in [6, 6.07) is 1.82. The second kappa shape index (κ2) is 4.78. The van der Waals surface area contributed by atoms with E-state index in [1.165, 1.54) is 6.92 Å². The molecule has 1 saturated carbocycles. The molecule has 2 N–H and O–H groups in total. The average molecular weight is 305 g/mol. The standard InChI is InChI=1S/C12H13F2NO4S/c1-12(11(16)17,7-2-3-7)15-20(18,19)10-5-8(13)4-9(14)6-10/h4-7,15H,2-3H2,1H3,(H,16,17). The fourth-order valence-corrected chi connectivity index (χ4v) is 3.45. The molecule has 1 atom stereocenters. The van der Waals surface area contributed by atoms with E-state index in [1.54, 1.807) is 0 Å². The van der Waals surface area contributed by atoms with Crippen molar-refractivity contribution in [2.45, 2.75) is 30.2 Å². The Labute approximate surface area is 114 Å². The molecule has 5 nitrogen and oxygen atoms in total. The van der Waals surface area contributed by atoms with Crippen molar-refractivity contribution in [1.29, 1.82) is 0 Å². The summed E-state index contributed by atoms with van der Waals surface area (Å²) in [4.78, 5) is 10.6. The maximum Gasteiger partial charge on any atom is 0.324 e. The zero-order valence-corrected chi connectivity index (χ0v) is 11.4. The predicted molar refractivity (Wildman–Crippen MR) is 65.4 cm³/mol. The molecular weight excluding hydrogens is 292 g/mol. The highest BCUT2D eigenvalue weighted by atomic mass is 32.2. The molecule has 20 heavy (non-hydrogen) atoms. The van der Waals surface area contributed by atoms with Gasteiger partial charge in [-0.2, -0.15) is 4.72 Å². The molecule has 1 aliphatic carbocycles. The Balaban J connectivity index is 2.37. The van der Waals surface area contributed by atoms with Crippen LogP contribution < -0.4 is 4.72 Å². The summed E-state index contributed by atoms with van der Waals surface area (Å²) in [5, 5.41) is 9.19. The molecule has 0 aromatic heterocycles. The number of halogens is 2. The summed E-state index contributed by atoms with van der Waals surface area (Å²) in [7, 11) is -4.32. The number of benzene rings is 1. The zero-order chi connectivity index (χ0) is 15.1. The van der Waals surface area contributed by atoms with E-state index >= 15 is 0 Å². The van der Waals surface area contributed by atoms with Crippen molar-refractivity contribution in [3.63, 3.8) is 0 Å². The first kappa shape index (κ1) is 14.9. The third-order valence-electron chi connectivity index (χ3n) is 3.33. The number of carboxylic acids is 1. The van der Waals surface area contributed by atoms with Crippen molar-refractivity contribution in [2.75, 3.05) is 0 Å². The molecule has 8 heteroatoms. The molecular formula is C12H13F2NO4S. The van der Waals surface area contributed by atoms with E-state index in [0.717, 1.165) is 0 Å². The molecule has 0 spiro atoms. The van der Waals surface area contributed by atoms with Gasteiger partial charge in [-0.25, -0.2) is 17.2 Å². The fourth-order valence-electron chi connectivity index (χ4n) is 1.98. The summed E-state index contributed by atoms with van der Waals surface area (Å²) < 4.78 is 52.3. The Hall–Kier alpha value is -1.54. The Morgan fingerprint density at radius 3 is 2.20 bits per heavy atom. The Bertz CT molecular complexity index is 637. The first-order valence-corrected chi connectivity index (χ1v) is 7.37. The number of sulfonamides is 1. The first-order valence-electron chi connectivity index (χ1n) is 5.88. The van der Waals surface area contributed by atoms with E-state index in [2.05, 4.69) is 0 Å². The lowest BCUT2D eigenvalue weighted by molar-refractivity contribution is -0.144. The minimum Gasteiger partial charge on any atom is -0.480 e. The number of nitrogens with one attached hydrogen (secondary N) is 1. The van der Waals surface area contributed by atoms with Gasteiger partial charge in [0.1, 0.15) is 17.2 Å². The van der Waals surface area contributed by atoms with E-state index in [-0.39, 0.29) is 5.92 Å². The van der Waals surface area contributed by atoms with Crippen molar-refractivity contribution in [3.8, 4) is 0 Å². The first-order chi connectivity index (χ1) is 9.15. The van der Waals surface area contributed by atoms with Gasteiger partial charge in [-0.15, -0.1) is 0 Å². The van der Waals surface area contributed by atoms with Crippen LogP contribution in [0.4, 0.5) is 8.78 Å². The lowest BCUT2D eigenvalue weighted by Gasteiger charge is -2.25. The van der Waals surface area contributed by atoms with Crippen LogP contribution in [0.2, 0.25) is 0 Å². The minimum atomic E-state index is -4.32. The smallest absolute Gasteiger partial charge is 0.324 e. The van der Waals surface area contributed by atoms with E-state index in [4.69, 9.17) is 0 Å².